The molecule has 0 saturated heterocycles. The predicted molar refractivity (Wildman–Crippen MR) is 74.8 cm³/mol. The summed E-state index contributed by atoms with van der Waals surface area (Å²) in [7, 11) is 0. The third-order valence-corrected chi connectivity index (χ3v) is 3.39. The van der Waals surface area contributed by atoms with E-state index >= 15 is 0 Å². The highest BCUT2D eigenvalue weighted by Gasteiger charge is 2.19. The summed E-state index contributed by atoms with van der Waals surface area (Å²) in [4.78, 5) is 12.4. The summed E-state index contributed by atoms with van der Waals surface area (Å²) < 4.78 is 16.0. The Labute approximate surface area is 119 Å². The number of halogens is 2. The molecule has 0 aliphatic heterocycles. The first-order chi connectivity index (χ1) is 9.06. The lowest BCUT2D eigenvalue weighted by atomic mass is 10.1. The van der Waals surface area contributed by atoms with Gasteiger partial charge in [-0.2, -0.15) is 5.10 Å². The van der Waals surface area contributed by atoms with Crippen molar-refractivity contribution in [2.75, 3.05) is 0 Å². The number of nitrogens with zero attached hydrogens (tertiary/aromatic N) is 2. The van der Waals surface area contributed by atoms with Crippen LogP contribution in [-0.4, -0.2) is 15.6 Å². The minimum Gasteiger partial charge on any atom is -0.287 e. The lowest BCUT2D eigenvalue weighted by molar-refractivity contribution is 0.102. The molecule has 0 amide bonds. The molecular formula is C14H14BrFN2O. The third kappa shape index (κ3) is 2.76. The highest BCUT2D eigenvalue weighted by atomic mass is 79.9. The quantitative estimate of drug-likeness (QED) is 0.805. The molecule has 2 rings (SSSR count). The van der Waals surface area contributed by atoms with Crippen molar-refractivity contribution in [2.45, 2.75) is 26.8 Å². The molecule has 3 nitrogen and oxygen atoms in total. The van der Waals surface area contributed by atoms with Crippen LogP contribution in [-0.2, 0) is 13.0 Å². The molecule has 0 saturated carbocycles. The summed E-state index contributed by atoms with van der Waals surface area (Å²) in [6.07, 6.45) is 0.744. The van der Waals surface area contributed by atoms with Gasteiger partial charge in [-0.3, -0.25) is 9.48 Å². The topological polar surface area (TPSA) is 34.9 Å². The predicted octanol–water partition coefficient (Wildman–Crippen LogP) is 3.60. The lowest BCUT2D eigenvalue weighted by Gasteiger charge is -2.05. The Kier molecular flexibility index (Phi) is 4.14. The molecule has 19 heavy (non-hydrogen) atoms. The summed E-state index contributed by atoms with van der Waals surface area (Å²) in [5.41, 5.74) is 1.32. The zero-order chi connectivity index (χ0) is 14.0. The van der Waals surface area contributed by atoms with Gasteiger partial charge in [0.2, 0.25) is 5.78 Å². The van der Waals surface area contributed by atoms with Crippen molar-refractivity contribution in [3.05, 3.63) is 51.5 Å². The van der Waals surface area contributed by atoms with E-state index < -0.39 is 5.82 Å². The molecule has 0 atom stereocenters. The van der Waals surface area contributed by atoms with Gasteiger partial charge in [0.05, 0.1) is 11.3 Å². The van der Waals surface area contributed by atoms with E-state index in [1.807, 2.05) is 13.8 Å². The fourth-order valence-electron chi connectivity index (χ4n) is 1.88. The molecule has 0 fully saturated rings. The Morgan fingerprint density at radius 3 is 2.74 bits per heavy atom. The molecule has 0 aliphatic carbocycles. The number of carbonyl (C=O) groups is 1. The SMILES string of the molecule is CCc1cc(C(=O)c2cc(Br)ccc2F)n(CC)n1. The molecule has 1 aromatic heterocycles. The average Bonchev–Trinajstić information content (AvgIpc) is 2.84. The van der Waals surface area contributed by atoms with E-state index in [9.17, 15) is 9.18 Å². The number of ketones is 1. The minimum atomic E-state index is -0.518. The fraction of sp³-hybridized carbons (Fsp3) is 0.286. The maximum Gasteiger partial charge on any atom is 0.214 e. The molecule has 0 unspecified atom stereocenters. The average molecular weight is 325 g/mol. The van der Waals surface area contributed by atoms with Gasteiger partial charge in [-0.1, -0.05) is 22.9 Å². The second kappa shape index (κ2) is 5.65. The van der Waals surface area contributed by atoms with Crippen LogP contribution in [0.2, 0.25) is 0 Å². The maximum absolute atomic E-state index is 13.8. The molecule has 0 aliphatic rings. The van der Waals surface area contributed by atoms with Gasteiger partial charge in [0.15, 0.2) is 0 Å². The number of hydrogen-bond donors (Lipinski definition) is 0. The minimum absolute atomic E-state index is 0.0617. The number of benzene rings is 1. The van der Waals surface area contributed by atoms with Crippen molar-refractivity contribution in [3.8, 4) is 0 Å². The van der Waals surface area contributed by atoms with Gasteiger partial charge in [0, 0.05) is 11.0 Å². The van der Waals surface area contributed by atoms with Gasteiger partial charge in [0.25, 0.3) is 0 Å². The van der Waals surface area contributed by atoms with E-state index in [2.05, 4.69) is 21.0 Å². The first kappa shape index (κ1) is 13.9. The molecule has 0 spiro atoms. The molecule has 0 radical (unpaired) electrons. The van der Waals surface area contributed by atoms with E-state index in [4.69, 9.17) is 0 Å². The van der Waals surface area contributed by atoms with Gasteiger partial charge >= 0.3 is 0 Å². The summed E-state index contributed by atoms with van der Waals surface area (Å²) in [6, 6.07) is 6.08. The number of rotatable bonds is 4. The van der Waals surface area contributed by atoms with Crippen molar-refractivity contribution in [1.82, 2.24) is 9.78 Å². The van der Waals surface area contributed by atoms with Crippen LogP contribution in [0.1, 0.15) is 35.6 Å². The van der Waals surface area contributed by atoms with Crippen LogP contribution in [0.4, 0.5) is 4.39 Å². The molecule has 5 heteroatoms. The number of hydrogen-bond acceptors (Lipinski definition) is 2. The Bertz CT molecular complexity index is 622. The Balaban J connectivity index is 2.49. The van der Waals surface area contributed by atoms with Gasteiger partial charge in [-0.25, -0.2) is 4.39 Å². The molecule has 100 valence electrons. The molecule has 0 N–H and O–H groups in total. The normalized spacial score (nSPS) is 10.7. The summed E-state index contributed by atoms with van der Waals surface area (Å²) >= 11 is 3.25. The van der Waals surface area contributed by atoms with E-state index in [1.54, 1.807) is 16.8 Å². The third-order valence-electron chi connectivity index (χ3n) is 2.90. The largest absolute Gasteiger partial charge is 0.287 e. The van der Waals surface area contributed by atoms with Crippen molar-refractivity contribution < 1.29 is 9.18 Å². The van der Waals surface area contributed by atoms with Gasteiger partial charge in [-0.05, 0) is 37.6 Å². The maximum atomic E-state index is 13.8. The van der Waals surface area contributed by atoms with Crippen LogP contribution < -0.4 is 0 Å². The number of aryl methyl sites for hydroxylation is 2. The van der Waals surface area contributed by atoms with E-state index in [1.165, 1.54) is 12.1 Å². The first-order valence-electron chi connectivity index (χ1n) is 6.13. The second-order valence-corrected chi connectivity index (χ2v) is 5.06. The van der Waals surface area contributed by atoms with Crippen molar-refractivity contribution in [1.29, 1.82) is 0 Å². The zero-order valence-corrected chi connectivity index (χ0v) is 12.4. The highest BCUT2D eigenvalue weighted by molar-refractivity contribution is 9.10. The van der Waals surface area contributed by atoms with E-state index in [0.717, 1.165) is 12.1 Å². The van der Waals surface area contributed by atoms with Crippen LogP contribution in [0.15, 0.2) is 28.7 Å². The second-order valence-electron chi connectivity index (χ2n) is 4.14. The monoisotopic (exact) mass is 324 g/mol. The molecule has 0 bridgehead atoms. The Morgan fingerprint density at radius 2 is 2.11 bits per heavy atom. The summed E-state index contributed by atoms with van der Waals surface area (Å²) in [6.45, 7) is 4.45. The lowest BCUT2D eigenvalue weighted by Crippen LogP contribution is -2.12. The van der Waals surface area contributed by atoms with Crippen LogP contribution in [0.3, 0.4) is 0 Å². The highest BCUT2D eigenvalue weighted by Crippen LogP contribution is 2.19. The smallest absolute Gasteiger partial charge is 0.214 e. The van der Waals surface area contributed by atoms with Gasteiger partial charge in [-0.15, -0.1) is 0 Å². The van der Waals surface area contributed by atoms with Crippen LogP contribution in [0, 0.1) is 5.82 Å². The zero-order valence-electron chi connectivity index (χ0n) is 10.8. The summed E-state index contributed by atoms with van der Waals surface area (Å²) in [5, 5.41) is 4.31. The Hall–Kier alpha value is -1.49. The van der Waals surface area contributed by atoms with Crippen molar-refractivity contribution in [2.24, 2.45) is 0 Å². The van der Waals surface area contributed by atoms with Crippen LogP contribution in [0.25, 0.3) is 0 Å². The number of carbonyl (C=O) groups excluding carboxylic acids is 1. The van der Waals surface area contributed by atoms with Crippen LogP contribution >= 0.6 is 15.9 Å². The van der Waals surface area contributed by atoms with E-state index in [-0.39, 0.29) is 11.3 Å². The summed E-state index contributed by atoms with van der Waals surface area (Å²) in [5.74, 6) is -0.858. The Morgan fingerprint density at radius 1 is 1.37 bits per heavy atom. The molecule has 1 heterocycles. The fourth-order valence-corrected chi connectivity index (χ4v) is 2.24. The molecule has 1 aromatic carbocycles. The van der Waals surface area contributed by atoms with Crippen LogP contribution in [0.5, 0.6) is 0 Å². The standard InChI is InChI=1S/C14H14BrFN2O/c1-3-10-8-13(18(4-2)17-10)14(19)11-7-9(15)5-6-12(11)16/h5-8H,3-4H2,1-2H3. The van der Waals surface area contributed by atoms with Gasteiger partial charge < -0.3 is 0 Å². The van der Waals surface area contributed by atoms with E-state index in [0.29, 0.717) is 16.7 Å². The van der Waals surface area contributed by atoms with Crippen molar-refractivity contribution >= 4 is 21.7 Å². The van der Waals surface area contributed by atoms with Gasteiger partial charge in [0.1, 0.15) is 11.5 Å². The first-order valence-corrected chi connectivity index (χ1v) is 6.92. The molecule has 2 aromatic rings. The number of aromatic nitrogens is 2. The molecular weight excluding hydrogens is 311 g/mol. The van der Waals surface area contributed by atoms with Crippen molar-refractivity contribution in [3.63, 3.8) is 0 Å².